The first-order chi connectivity index (χ1) is 4.93. The van der Waals surface area contributed by atoms with Crippen molar-refractivity contribution >= 4 is 6.21 Å². The molecule has 0 aromatic carbocycles. The van der Waals surface area contributed by atoms with Crippen LogP contribution < -0.4 is 0 Å². The van der Waals surface area contributed by atoms with Crippen molar-refractivity contribution in [1.29, 1.82) is 0 Å². The predicted molar refractivity (Wildman–Crippen MR) is 41.9 cm³/mol. The molecule has 0 unspecified atom stereocenters. The van der Waals surface area contributed by atoms with Gasteiger partial charge in [0.2, 0.25) is 5.88 Å². The zero-order valence-corrected chi connectivity index (χ0v) is 5.82. The van der Waals surface area contributed by atoms with E-state index in [0.717, 1.165) is 0 Å². The van der Waals surface area contributed by atoms with Gasteiger partial charge in [0.25, 0.3) is 0 Å². The Bertz CT molecular complexity index is 211. The van der Waals surface area contributed by atoms with E-state index in [1.165, 1.54) is 0 Å². The number of hydrogen-bond donors (Lipinski definition) is 0. The summed E-state index contributed by atoms with van der Waals surface area (Å²) in [5.74, 6) is 0.626. The van der Waals surface area contributed by atoms with E-state index < -0.39 is 0 Å². The molecule has 0 aromatic rings. The van der Waals surface area contributed by atoms with Gasteiger partial charge in [0.05, 0.1) is 7.11 Å². The Hall–Kier alpha value is -1.31. The normalized spacial score (nSPS) is 22.3. The van der Waals surface area contributed by atoms with Crippen LogP contribution in [0.4, 0.5) is 0 Å². The number of methoxy groups -OCH3 is 1. The van der Waals surface area contributed by atoms with Crippen LogP contribution in [0.5, 0.6) is 0 Å². The van der Waals surface area contributed by atoms with E-state index in [1.807, 2.05) is 24.3 Å². The van der Waals surface area contributed by atoms with E-state index in [1.54, 1.807) is 19.4 Å². The van der Waals surface area contributed by atoms with Crippen molar-refractivity contribution in [2.24, 2.45) is 4.99 Å². The van der Waals surface area contributed by atoms with Gasteiger partial charge >= 0.3 is 0 Å². The van der Waals surface area contributed by atoms with Gasteiger partial charge in [0.15, 0.2) is 0 Å². The smallest absolute Gasteiger partial charge is 0.212 e. The van der Waals surface area contributed by atoms with Gasteiger partial charge in [0, 0.05) is 12.3 Å². The second kappa shape index (κ2) is 3.67. The van der Waals surface area contributed by atoms with Crippen molar-refractivity contribution in [3.8, 4) is 0 Å². The molecule has 0 spiro atoms. The molecular weight excluding hydrogens is 126 g/mol. The summed E-state index contributed by atoms with van der Waals surface area (Å²) in [7, 11) is 1.60. The van der Waals surface area contributed by atoms with Crippen molar-refractivity contribution < 1.29 is 4.74 Å². The molecule has 10 heavy (non-hydrogen) atoms. The molecule has 0 fully saturated rings. The Labute approximate surface area is 60.2 Å². The summed E-state index contributed by atoms with van der Waals surface area (Å²) in [6, 6.07) is 0. The Morgan fingerprint density at radius 2 is 2.00 bits per heavy atom. The van der Waals surface area contributed by atoms with Gasteiger partial charge in [-0.05, 0) is 6.08 Å². The van der Waals surface area contributed by atoms with Gasteiger partial charge in [-0.2, -0.15) is 0 Å². The standard InChI is InChI=1S/C8H9NO/c1-10-8-6-4-2-3-5-7-9-8/h2-7H,1H3/b3-2?,4-2+,5-3+,6-4?,7-5?,8-6?,9-7?,9-8?. The fraction of sp³-hybridized carbons (Fsp3) is 0.125. The molecule has 0 saturated heterocycles. The lowest BCUT2D eigenvalue weighted by Gasteiger charge is -1.96. The molecule has 1 heterocycles. The van der Waals surface area contributed by atoms with Crippen LogP contribution >= 0.6 is 0 Å². The van der Waals surface area contributed by atoms with Crippen molar-refractivity contribution in [2.75, 3.05) is 7.11 Å². The van der Waals surface area contributed by atoms with E-state index in [4.69, 9.17) is 4.74 Å². The summed E-state index contributed by atoms with van der Waals surface area (Å²) in [5, 5.41) is 0. The fourth-order valence-electron chi connectivity index (χ4n) is 0.596. The molecule has 1 aliphatic heterocycles. The minimum atomic E-state index is 0.626. The molecule has 52 valence electrons. The minimum absolute atomic E-state index is 0.626. The number of rotatable bonds is 1. The number of nitrogens with zero attached hydrogens (tertiary/aromatic N) is 1. The molecule has 1 aliphatic rings. The fourth-order valence-corrected chi connectivity index (χ4v) is 0.596. The van der Waals surface area contributed by atoms with Gasteiger partial charge in [-0.25, -0.2) is 4.99 Å². The zero-order chi connectivity index (χ0) is 7.23. The van der Waals surface area contributed by atoms with Gasteiger partial charge in [-0.15, -0.1) is 0 Å². The van der Waals surface area contributed by atoms with E-state index in [0.29, 0.717) is 5.88 Å². The lowest BCUT2D eigenvalue weighted by Crippen LogP contribution is -1.82. The number of allylic oxidation sites excluding steroid dienone is 5. The van der Waals surface area contributed by atoms with Crippen LogP contribution in [0.1, 0.15) is 0 Å². The molecule has 0 bridgehead atoms. The summed E-state index contributed by atoms with van der Waals surface area (Å²) >= 11 is 0. The second-order valence-corrected chi connectivity index (χ2v) is 1.76. The summed E-state index contributed by atoms with van der Waals surface area (Å²) in [6.45, 7) is 0. The first-order valence-electron chi connectivity index (χ1n) is 3.05. The van der Waals surface area contributed by atoms with Crippen LogP contribution in [-0.4, -0.2) is 13.3 Å². The molecule has 0 amide bonds. The Balaban J connectivity index is 2.73. The van der Waals surface area contributed by atoms with Crippen molar-refractivity contribution in [2.45, 2.75) is 0 Å². The highest BCUT2D eigenvalue weighted by Crippen LogP contribution is 1.98. The third-order valence-corrected chi connectivity index (χ3v) is 1.07. The molecule has 0 aliphatic carbocycles. The molecule has 0 saturated carbocycles. The topological polar surface area (TPSA) is 21.6 Å². The van der Waals surface area contributed by atoms with Crippen LogP contribution in [0.25, 0.3) is 0 Å². The summed E-state index contributed by atoms with van der Waals surface area (Å²) in [5.41, 5.74) is 0. The van der Waals surface area contributed by atoms with Gasteiger partial charge in [-0.1, -0.05) is 18.2 Å². The third-order valence-electron chi connectivity index (χ3n) is 1.07. The largest absolute Gasteiger partial charge is 0.481 e. The van der Waals surface area contributed by atoms with Crippen LogP contribution in [0.3, 0.4) is 0 Å². The van der Waals surface area contributed by atoms with Gasteiger partial charge < -0.3 is 4.74 Å². The van der Waals surface area contributed by atoms with E-state index in [-0.39, 0.29) is 0 Å². The third kappa shape index (κ3) is 1.90. The summed E-state index contributed by atoms with van der Waals surface area (Å²) in [6.07, 6.45) is 11.1. The first kappa shape index (κ1) is 6.81. The molecule has 0 radical (unpaired) electrons. The highest BCUT2D eigenvalue weighted by molar-refractivity contribution is 5.72. The predicted octanol–water partition coefficient (Wildman–Crippen LogP) is 1.67. The minimum Gasteiger partial charge on any atom is -0.481 e. The Kier molecular flexibility index (Phi) is 2.49. The zero-order valence-electron chi connectivity index (χ0n) is 5.82. The monoisotopic (exact) mass is 135 g/mol. The van der Waals surface area contributed by atoms with E-state index in [2.05, 4.69) is 4.99 Å². The van der Waals surface area contributed by atoms with Crippen LogP contribution in [0.2, 0.25) is 0 Å². The van der Waals surface area contributed by atoms with Gasteiger partial charge in [-0.3, -0.25) is 0 Å². The average molecular weight is 135 g/mol. The number of hydrogen-bond acceptors (Lipinski definition) is 2. The molecule has 0 N–H and O–H groups in total. The maximum absolute atomic E-state index is 4.90. The van der Waals surface area contributed by atoms with E-state index >= 15 is 0 Å². The molecule has 1 rings (SSSR count). The molecule has 0 atom stereocenters. The Morgan fingerprint density at radius 1 is 1.20 bits per heavy atom. The molecule has 2 nitrogen and oxygen atoms in total. The SMILES string of the molecule is COC1=C/C=C/C=C/C=N1. The van der Waals surface area contributed by atoms with E-state index in [9.17, 15) is 0 Å². The quantitative estimate of drug-likeness (QED) is 0.536. The average Bonchev–Trinajstić information content (AvgIpc) is 1.87. The molecular formula is C8H9NO. The highest BCUT2D eigenvalue weighted by atomic mass is 16.5. The molecule has 2 heteroatoms. The summed E-state index contributed by atoms with van der Waals surface area (Å²) in [4.78, 5) is 3.98. The van der Waals surface area contributed by atoms with Crippen molar-refractivity contribution in [3.63, 3.8) is 0 Å². The maximum Gasteiger partial charge on any atom is 0.212 e. The lowest BCUT2D eigenvalue weighted by atomic mass is 10.4. The lowest BCUT2D eigenvalue weighted by molar-refractivity contribution is 0.289. The first-order valence-corrected chi connectivity index (χ1v) is 3.05. The maximum atomic E-state index is 4.90. The number of ether oxygens (including phenoxy) is 1. The van der Waals surface area contributed by atoms with Crippen LogP contribution in [-0.2, 0) is 4.74 Å². The number of aliphatic imine (C=N–C) groups is 1. The van der Waals surface area contributed by atoms with Gasteiger partial charge in [0.1, 0.15) is 0 Å². The molecule has 0 aromatic heterocycles. The van der Waals surface area contributed by atoms with Crippen molar-refractivity contribution in [3.05, 3.63) is 36.3 Å². The summed E-state index contributed by atoms with van der Waals surface area (Å²) < 4.78 is 4.90. The Morgan fingerprint density at radius 3 is 2.80 bits per heavy atom. The van der Waals surface area contributed by atoms with Crippen LogP contribution in [0, 0.1) is 0 Å². The van der Waals surface area contributed by atoms with Crippen LogP contribution in [0.15, 0.2) is 41.3 Å². The van der Waals surface area contributed by atoms with Crippen molar-refractivity contribution in [1.82, 2.24) is 0 Å². The highest BCUT2D eigenvalue weighted by Gasteiger charge is 1.85. The second-order valence-electron chi connectivity index (χ2n) is 1.76.